The Kier molecular flexibility index (Phi) is 4.09. The van der Waals surface area contributed by atoms with Crippen LogP contribution in [-0.2, 0) is 0 Å². The van der Waals surface area contributed by atoms with Crippen LogP contribution in [-0.4, -0.2) is 32.7 Å². The van der Waals surface area contributed by atoms with E-state index in [1.165, 1.54) is 0 Å². The number of amides is 2. The minimum absolute atomic E-state index is 0.0345. The quantitative estimate of drug-likeness (QED) is 0.880. The molecule has 1 atom stereocenters. The van der Waals surface area contributed by atoms with Crippen molar-refractivity contribution < 1.29 is 4.79 Å². The third-order valence-electron chi connectivity index (χ3n) is 3.17. The fraction of sp³-hybridized carbons (Fsp3) is 0.462. The van der Waals surface area contributed by atoms with E-state index in [9.17, 15) is 4.79 Å². The Bertz CT molecular complexity index is 450. The fourth-order valence-electron chi connectivity index (χ4n) is 2.29. The molecule has 2 amide bonds. The predicted octanol–water partition coefficient (Wildman–Crippen LogP) is 2.01. The van der Waals surface area contributed by atoms with Gasteiger partial charge in [-0.1, -0.05) is 11.6 Å². The molecule has 1 aliphatic heterocycles. The summed E-state index contributed by atoms with van der Waals surface area (Å²) >= 11 is 5.94. The van der Waals surface area contributed by atoms with Crippen LogP contribution in [0.3, 0.4) is 0 Å². The average Bonchev–Trinajstić information content (AvgIpc) is 2.33. The first-order valence-corrected chi connectivity index (χ1v) is 6.45. The number of nitrogens with zero attached hydrogens (tertiary/aromatic N) is 1. The molecule has 1 unspecified atom stereocenters. The Morgan fingerprint density at radius 3 is 3.00 bits per heavy atom. The van der Waals surface area contributed by atoms with E-state index in [0.29, 0.717) is 10.9 Å². The van der Waals surface area contributed by atoms with Crippen LogP contribution in [0.5, 0.6) is 0 Å². The molecule has 0 spiro atoms. The van der Waals surface area contributed by atoms with Gasteiger partial charge >= 0.3 is 6.03 Å². The van der Waals surface area contributed by atoms with Gasteiger partial charge in [0.25, 0.3) is 0 Å². The molecule has 0 aliphatic carbocycles. The standard InChI is InChI=1S/C13H18ClN3O/c1-9-5-11(14)3-4-12(9)17-8-10(6-15-2)7-16-13(17)18/h3-5,10,15H,6-8H2,1-2H3,(H,16,18). The number of aryl methyl sites for hydroxylation is 1. The van der Waals surface area contributed by atoms with Crippen molar-refractivity contribution in [1.29, 1.82) is 0 Å². The van der Waals surface area contributed by atoms with Crippen LogP contribution in [0.1, 0.15) is 5.56 Å². The number of rotatable bonds is 3. The highest BCUT2D eigenvalue weighted by molar-refractivity contribution is 6.30. The summed E-state index contributed by atoms with van der Waals surface area (Å²) in [6.45, 7) is 4.32. The van der Waals surface area contributed by atoms with Gasteiger partial charge in [0.1, 0.15) is 0 Å². The molecule has 0 aromatic heterocycles. The lowest BCUT2D eigenvalue weighted by Crippen LogP contribution is -2.53. The minimum Gasteiger partial charge on any atom is -0.337 e. The first-order valence-electron chi connectivity index (χ1n) is 6.08. The number of anilines is 1. The third-order valence-corrected chi connectivity index (χ3v) is 3.41. The summed E-state index contributed by atoms with van der Waals surface area (Å²) in [6.07, 6.45) is 0. The number of benzene rings is 1. The minimum atomic E-state index is -0.0345. The predicted molar refractivity (Wildman–Crippen MR) is 74.4 cm³/mol. The lowest BCUT2D eigenvalue weighted by atomic mass is 10.1. The van der Waals surface area contributed by atoms with E-state index in [-0.39, 0.29) is 6.03 Å². The SMILES string of the molecule is CNCC1CNC(=O)N(c2ccc(Cl)cc2C)C1. The maximum absolute atomic E-state index is 11.9. The normalized spacial score (nSPS) is 19.8. The van der Waals surface area contributed by atoms with Crippen molar-refractivity contribution in [1.82, 2.24) is 10.6 Å². The van der Waals surface area contributed by atoms with Crippen molar-refractivity contribution in [2.24, 2.45) is 5.92 Å². The Hall–Kier alpha value is -1.26. The van der Waals surface area contributed by atoms with Gasteiger partial charge < -0.3 is 10.6 Å². The molecule has 1 aromatic carbocycles. The van der Waals surface area contributed by atoms with Gasteiger partial charge in [0, 0.05) is 36.3 Å². The van der Waals surface area contributed by atoms with Gasteiger partial charge in [-0.15, -0.1) is 0 Å². The molecule has 98 valence electrons. The van der Waals surface area contributed by atoms with Crippen LogP contribution >= 0.6 is 11.6 Å². The van der Waals surface area contributed by atoms with Crippen LogP contribution in [0.4, 0.5) is 10.5 Å². The summed E-state index contributed by atoms with van der Waals surface area (Å²) in [7, 11) is 1.92. The van der Waals surface area contributed by atoms with Crippen LogP contribution < -0.4 is 15.5 Å². The second-order valence-corrected chi connectivity index (χ2v) is 5.09. The summed E-state index contributed by atoms with van der Waals surface area (Å²) in [5, 5.41) is 6.77. The van der Waals surface area contributed by atoms with Crippen molar-refractivity contribution in [3.63, 3.8) is 0 Å². The molecular formula is C13H18ClN3O. The van der Waals surface area contributed by atoms with Crippen molar-refractivity contribution in [3.8, 4) is 0 Å². The molecule has 1 aliphatic rings. The van der Waals surface area contributed by atoms with E-state index < -0.39 is 0 Å². The number of hydrogen-bond donors (Lipinski definition) is 2. The molecule has 0 bridgehead atoms. The van der Waals surface area contributed by atoms with E-state index in [0.717, 1.165) is 30.9 Å². The van der Waals surface area contributed by atoms with Gasteiger partial charge in [-0.2, -0.15) is 0 Å². The van der Waals surface area contributed by atoms with Gasteiger partial charge in [0.15, 0.2) is 0 Å². The maximum atomic E-state index is 11.9. The largest absolute Gasteiger partial charge is 0.337 e. The van der Waals surface area contributed by atoms with E-state index in [4.69, 9.17) is 11.6 Å². The Labute approximate surface area is 112 Å². The topological polar surface area (TPSA) is 44.4 Å². The van der Waals surface area contributed by atoms with Crippen molar-refractivity contribution >= 4 is 23.3 Å². The van der Waals surface area contributed by atoms with Crippen molar-refractivity contribution in [2.45, 2.75) is 6.92 Å². The number of halogens is 1. The summed E-state index contributed by atoms with van der Waals surface area (Å²) in [4.78, 5) is 13.7. The summed E-state index contributed by atoms with van der Waals surface area (Å²) in [5.41, 5.74) is 1.94. The summed E-state index contributed by atoms with van der Waals surface area (Å²) in [6, 6.07) is 5.57. The van der Waals surface area contributed by atoms with E-state index in [1.54, 1.807) is 4.90 Å². The lowest BCUT2D eigenvalue weighted by molar-refractivity contribution is 0.236. The number of hydrogen-bond acceptors (Lipinski definition) is 2. The lowest BCUT2D eigenvalue weighted by Gasteiger charge is -2.34. The average molecular weight is 268 g/mol. The van der Waals surface area contributed by atoms with E-state index in [1.807, 2.05) is 32.2 Å². The zero-order valence-electron chi connectivity index (χ0n) is 10.7. The number of urea groups is 1. The molecule has 1 fully saturated rings. The molecular weight excluding hydrogens is 250 g/mol. The van der Waals surface area contributed by atoms with Gasteiger partial charge in [0.2, 0.25) is 0 Å². The molecule has 2 rings (SSSR count). The number of carbonyl (C=O) groups is 1. The number of carbonyl (C=O) groups excluding carboxylic acids is 1. The molecule has 1 saturated heterocycles. The third kappa shape index (κ3) is 2.76. The summed E-state index contributed by atoms with van der Waals surface area (Å²) in [5.74, 6) is 0.419. The van der Waals surface area contributed by atoms with Gasteiger partial charge in [-0.3, -0.25) is 4.90 Å². The molecule has 4 nitrogen and oxygen atoms in total. The van der Waals surface area contributed by atoms with Crippen LogP contribution in [0, 0.1) is 12.8 Å². The first kappa shape index (κ1) is 13.2. The van der Waals surface area contributed by atoms with Crippen LogP contribution in [0.25, 0.3) is 0 Å². The maximum Gasteiger partial charge on any atom is 0.321 e. The smallest absolute Gasteiger partial charge is 0.321 e. The second-order valence-electron chi connectivity index (χ2n) is 4.65. The molecule has 5 heteroatoms. The molecule has 1 aromatic rings. The highest BCUT2D eigenvalue weighted by Gasteiger charge is 2.26. The monoisotopic (exact) mass is 267 g/mol. The van der Waals surface area contributed by atoms with Crippen LogP contribution in [0.2, 0.25) is 5.02 Å². The Morgan fingerprint density at radius 1 is 1.56 bits per heavy atom. The highest BCUT2D eigenvalue weighted by Crippen LogP contribution is 2.25. The van der Waals surface area contributed by atoms with Crippen molar-refractivity contribution in [2.75, 3.05) is 31.6 Å². The van der Waals surface area contributed by atoms with Crippen LogP contribution in [0.15, 0.2) is 18.2 Å². The molecule has 0 radical (unpaired) electrons. The first-order chi connectivity index (χ1) is 8.61. The second kappa shape index (κ2) is 5.59. The summed E-state index contributed by atoms with van der Waals surface area (Å²) < 4.78 is 0. The van der Waals surface area contributed by atoms with Gasteiger partial charge in [-0.05, 0) is 37.7 Å². The van der Waals surface area contributed by atoms with E-state index in [2.05, 4.69) is 10.6 Å². The zero-order valence-corrected chi connectivity index (χ0v) is 11.4. The van der Waals surface area contributed by atoms with E-state index >= 15 is 0 Å². The Balaban J connectivity index is 2.21. The molecule has 1 heterocycles. The van der Waals surface area contributed by atoms with Gasteiger partial charge in [0.05, 0.1) is 0 Å². The van der Waals surface area contributed by atoms with Gasteiger partial charge in [-0.25, -0.2) is 4.79 Å². The highest BCUT2D eigenvalue weighted by atomic mass is 35.5. The molecule has 0 saturated carbocycles. The number of nitrogens with one attached hydrogen (secondary N) is 2. The molecule has 2 N–H and O–H groups in total. The Morgan fingerprint density at radius 2 is 2.33 bits per heavy atom. The fourth-order valence-corrected chi connectivity index (χ4v) is 2.51. The zero-order chi connectivity index (χ0) is 13.1. The van der Waals surface area contributed by atoms with Crippen molar-refractivity contribution in [3.05, 3.63) is 28.8 Å². The molecule has 18 heavy (non-hydrogen) atoms.